The molecular weight excluding hydrogens is 150 g/mol. The van der Waals surface area contributed by atoms with Crippen molar-refractivity contribution in [3.63, 3.8) is 0 Å². The first kappa shape index (κ1) is 9.56. The molecule has 0 aliphatic heterocycles. The number of nitrogens with one attached hydrogen (secondary N) is 1. The Bertz CT molecular complexity index is 128. The normalized spacial score (nSPS) is 29.8. The van der Waals surface area contributed by atoms with Crippen LogP contribution >= 0.6 is 0 Å². The summed E-state index contributed by atoms with van der Waals surface area (Å²) in [4.78, 5) is 10.1. The van der Waals surface area contributed by atoms with Crippen LogP contribution in [0.15, 0.2) is 0 Å². The Hall–Kier alpha value is -0.530. The maximum atomic E-state index is 10.1. The molecule has 70 valence electrons. The second-order valence-electron chi connectivity index (χ2n) is 3.82. The van der Waals surface area contributed by atoms with Crippen molar-refractivity contribution in [1.82, 2.24) is 5.32 Å². The quantitative estimate of drug-likeness (QED) is 0.640. The zero-order valence-corrected chi connectivity index (χ0v) is 7.88. The van der Waals surface area contributed by atoms with E-state index < -0.39 is 0 Å². The van der Waals surface area contributed by atoms with Crippen molar-refractivity contribution in [3.8, 4) is 0 Å². The van der Waals surface area contributed by atoms with Crippen LogP contribution in [0.2, 0.25) is 0 Å². The summed E-state index contributed by atoms with van der Waals surface area (Å²) in [7, 11) is 0. The van der Waals surface area contributed by atoms with E-state index in [1.807, 2.05) is 0 Å². The highest BCUT2D eigenvalue weighted by Crippen LogP contribution is 2.29. The van der Waals surface area contributed by atoms with Gasteiger partial charge in [0.25, 0.3) is 0 Å². The van der Waals surface area contributed by atoms with Gasteiger partial charge >= 0.3 is 0 Å². The summed E-state index contributed by atoms with van der Waals surface area (Å²) in [6.45, 7) is 3.16. The van der Waals surface area contributed by atoms with E-state index in [2.05, 4.69) is 12.2 Å². The summed E-state index contributed by atoms with van der Waals surface area (Å²) >= 11 is 0. The second kappa shape index (κ2) is 5.18. The van der Waals surface area contributed by atoms with E-state index in [1.54, 1.807) is 0 Å². The average Bonchev–Trinajstić information content (AvgIpc) is 2.15. The number of hydrogen-bond acceptors (Lipinski definition) is 1. The van der Waals surface area contributed by atoms with Gasteiger partial charge in [0.1, 0.15) is 0 Å². The van der Waals surface area contributed by atoms with Crippen LogP contribution in [0.1, 0.15) is 39.0 Å². The van der Waals surface area contributed by atoms with E-state index in [0.29, 0.717) is 0 Å². The van der Waals surface area contributed by atoms with Gasteiger partial charge in [-0.25, -0.2) is 0 Å². The van der Waals surface area contributed by atoms with Gasteiger partial charge in [0.2, 0.25) is 6.41 Å². The Morgan fingerprint density at radius 3 is 2.33 bits per heavy atom. The molecule has 0 aromatic carbocycles. The SMILES string of the molecule is CCC1CCC(CNC=O)CC1. The fraction of sp³-hybridized carbons (Fsp3) is 0.900. The van der Waals surface area contributed by atoms with Gasteiger partial charge in [0.05, 0.1) is 0 Å². The minimum Gasteiger partial charge on any atom is -0.358 e. The first-order chi connectivity index (χ1) is 5.86. The monoisotopic (exact) mass is 169 g/mol. The van der Waals surface area contributed by atoms with Crippen molar-refractivity contribution in [2.75, 3.05) is 6.54 Å². The first-order valence-electron chi connectivity index (χ1n) is 5.03. The van der Waals surface area contributed by atoms with Gasteiger partial charge in [-0.2, -0.15) is 0 Å². The van der Waals surface area contributed by atoms with Crippen LogP contribution in [0.4, 0.5) is 0 Å². The summed E-state index contributed by atoms with van der Waals surface area (Å²) in [6.07, 6.45) is 7.47. The summed E-state index contributed by atoms with van der Waals surface area (Å²) in [5.74, 6) is 1.70. The van der Waals surface area contributed by atoms with Crippen LogP contribution in [0.25, 0.3) is 0 Å². The third-order valence-electron chi connectivity index (χ3n) is 3.03. The Balaban J connectivity index is 2.12. The van der Waals surface area contributed by atoms with Crippen LogP contribution < -0.4 is 5.32 Å². The zero-order valence-electron chi connectivity index (χ0n) is 7.88. The van der Waals surface area contributed by atoms with Crippen molar-refractivity contribution in [1.29, 1.82) is 0 Å². The molecule has 0 aromatic heterocycles. The maximum Gasteiger partial charge on any atom is 0.207 e. The van der Waals surface area contributed by atoms with Gasteiger partial charge in [0.15, 0.2) is 0 Å². The lowest BCUT2D eigenvalue weighted by molar-refractivity contribution is -0.109. The third kappa shape index (κ3) is 2.84. The molecule has 2 heteroatoms. The minimum absolute atomic E-state index is 0.748. The molecule has 0 aromatic rings. The number of rotatable bonds is 4. The van der Waals surface area contributed by atoms with E-state index in [0.717, 1.165) is 24.8 Å². The lowest BCUT2D eigenvalue weighted by Gasteiger charge is -2.27. The second-order valence-corrected chi connectivity index (χ2v) is 3.82. The predicted molar refractivity (Wildman–Crippen MR) is 49.8 cm³/mol. The summed E-state index contributed by atoms with van der Waals surface area (Å²) in [6, 6.07) is 0. The minimum atomic E-state index is 0.748. The van der Waals surface area contributed by atoms with Crippen molar-refractivity contribution in [3.05, 3.63) is 0 Å². The molecule has 0 saturated heterocycles. The molecule has 2 nitrogen and oxygen atoms in total. The van der Waals surface area contributed by atoms with Gasteiger partial charge in [-0.05, 0) is 24.7 Å². The summed E-state index contributed by atoms with van der Waals surface area (Å²) in [5.41, 5.74) is 0. The van der Waals surface area contributed by atoms with Gasteiger partial charge in [-0.3, -0.25) is 4.79 Å². The number of carbonyl (C=O) groups excluding carboxylic acids is 1. The highest BCUT2D eigenvalue weighted by Gasteiger charge is 2.19. The first-order valence-corrected chi connectivity index (χ1v) is 5.03. The Labute approximate surface area is 74.7 Å². The van der Waals surface area contributed by atoms with E-state index in [4.69, 9.17) is 0 Å². The fourth-order valence-corrected chi connectivity index (χ4v) is 2.06. The zero-order chi connectivity index (χ0) is 8.81. The standard InChI is InChI=1S/C10H19NO/c1-2-9-3-5-10(6-4-9)7-11-8-12/h8-10H,2-7H2,1H3,(H,11,12). The molecule has 1 amide bonds. The maximum absolute atomic E-state index is 10.1. The Morgan fingerprint density at radius 1 is 1.25 bits per heavy atom. The molecule has 12 heavy (non-hydrogen) atoms. The number of carbonyl (C=O) groups is 1. The van der Waals surface area contributed by atoms with Crippen LogP contribution in [0, 0.1) is 11.8 Å². The predicted octanol–water partition coefficient (Wildman–Crippen LogP) is 1.95. The molecule has 1 aliphatic rings. The van der Waals surface area contributed by atoms with E-state index in [1.165, 1.54) is 32.1 Å². The van der Waals surface area contributed by atoms with Crippen LogP contribution in [-0.4, -0.2) is 13.0 Å². The molecule has 0 radical (unpaired) electrons. The van der Waals surface area contributed by atoms with Crippen LogP contribution in [0.3, 0.4) is 0 Å². The number of hydrogen-bond donors (Lipinski definition) is 1. The smallest absolute Gasteiger partial charge is 0.207 e. The van der Waals surface area contributed by atoms with E-state index in [9.17, 15) is 4.79 Å². The topological polar surface area (TPSA) is 29.1 Å². The highest BCUT2D eigenvalue weighted by atomic mass is 16.1. The molecule has 0 unspecified atom stereocenters. The molecular formula is C10H19NO. The fourth-order valence-electron chi connectivity index (χ4n) is 2.06. The largest absolute Gasteiger partial charge is 0.358 e. The van der Waals surface area contributed by atoms with Gasteiger partial charge in [-0.15, -0.1) is 0 Å². The van der Waals surface area contributed by atoms with Crippen LogP contribution in [0.5, 0.6) is 0 Å². The molecule has 1 rings (SSSR count). The van der Waals surface area contributed by atoms with Crippen molar-refractivity contribution >= 4 is 6.41 Å². The van der Waals surface area contributed by atoms with Gasteiger partial charge in [0, 0.05) is 6.54 Å². The van der Waals surface area contributed by atoms with Gasteiger partial charge < -0.3 is 5.32 Å². The molecule has 1 aliphatic carbocycles. The molecule has 0 atom stereocenters. The van der Waals surface area contributed by atoms with Crippen molar-refractivity contribution in [2.24, 2.45) is 11.8 Å². The Kier molecular flexibility index (Phi) is 4.12. The lowest BCUT2D eigenvalue weighted by Crippen LogP contribution is -2.25. The van der Waals surface area contributed by atoms with Gasteiger partial charge in [-0.1, -0.05) is 26.2 Å². The van der Waals surface area contributed by atoms with Crippen LogP contribution in [-0.2, 0) is 4.79 Å². The molecule has 0 spiro atoms. The summed E-state index contributed by atoms with van der Waals surface area (Å²) < 4.78 is 0. The summed E-state index contributed by atoms with van der Waals surface area (Å²) in [5, 5.41) is 2.77. The molecule has 0 heterocycles. The molecule has 0 bridgehead atoms. The molecule has 1 N–H and O–H groups in total. The lowest BCUT2D eigenvalue weighted by atomic mass is 9.81. The van der Waals surface area contributed by atoms with E-state index >= 15 is 0 Å². The third-order valence-corrected chi connectivity index (χ3v) is 3.03. The van der Waals surface area contributed by atoms with E-state index in [-0.39, 0.29) is 0 Å². The van der Waals surface area contributed by atoms with Crippen molar-refractivity contribution < 1.29 is 4.79 Å². The number of amides is 1. The molecule has 1 saturated carbocycles. The Morgan fingerprint density at radius 2 is 1.83 bits per heavy atom. The average molecular weight is 169 g/mol. The molecule has 1 fully saturated rings. The highest BCUT2D eigenvalue weighted by molar-refractivity contribution is 5.45. The van der Waals surface area contributed by atoms with Crippen molar-refractivity contribution in [2.45, 2.75) is 39.0 Å².